The molecule has 0 saturated carbocycles. The second-order valence-electron chi connectivity index (χ2n) is 8.76. The van der Waals surface area contributed by atoms with Gasteiger partial charge >= 0.3 is 0 Å². The number of benzene rings is 2. The summed E-state index contributed by atoms with van der Waals surface area (Å²) in [6, 6.07) is 13.5. The molecule has 32 heavy (non-hydrogen) atoms. The van der Waals surface area contributed by atoms with E-state index in [9.17, 15) is 14.0 Å². The molecule has 3 rings (SSSR count). The van der Waals surface area contributed by atoms with Gasteiger partial charge in [0, 0.05) is 20.1 Å². The number of carbonyl (C=O) groups is 2. The Morgan fingerprint density at radius 1 is 1.06 bits per heavy atom. The van der Waals surface area contributed by atoms with Crippen LogP contribution in [0, 0.1) is 11.7 Å². The molecule has 6 heteroatoms. The van der Waals surface area contributed by atoms with Crippen molar-refractivity contribution in [3.63, 3.8) is 0 Å². The van der Waals surface area contributed by atoms with Crippen LogP contribution in [0.5, 0.6) is 5.75 Å². The van der Waals surface area contributed by atoms with Gasteiger partial charge < -0.3 is 14.5 Å². The van der Waals surface area contributed by atoms with Crippen molar-refractivity contribution in [2.45, 2.75) is 45.6 Å². The first-order valence-corrected chi connectivity index (χ1v) is 11.4. The van der Waals surface area contributed by atoms with Gasteiger partial charge in [-0.25, -0.2) is 4.39 Å². The van der Waals surface area contributed by atoms with Crippen LogP contribution in [0.2, 0.25) is 0 Å². The molecule has 0 aliphatic carbocycles. The minimum atomic E-state index is -0.362. The number of para-hydroxylation sites is 1. The molecule has 0 aromatic heterocycles. The van der Waals surface area contributed by atoms with E-state index in [1.54, 1.807) is 42.3 Å². The summed E-state index contributed by atoms with van der Waals surface area (Å²) >= 11 is 0. The molecule has 0 unspecified atom stereocenters. The second kappa shape index (κ2) is 11.1. The maximum absolute atomic E-state index is 14.2. The molecule has 0 N–H and O–H groups in total. The van der Waals surface area contributed by atoms with Gasteiger partial charge in [0.05, 0.1) is 18.0 Å². The maximum Gasteiger partial charge on any atom is 0.257 e. The van der Waals surface area contributed by atoms with Crippen molar-refractivity contribution >= 4 is 11.8 Å². The second-order valence-corrected chi connectivity index (χ2v) is 8.76. The Labute approximate surface area is 190 Å². The van der Waals surface area contributed by atoms with Gasteiger partial charge in [-0.1, -0.05) is 44.2 Å². The fourth-order valence-corrected chi connectivity index (χ4v) is 4.08. The summed E-state index contributed by atoms with van der Waals surface area (Å²) in [4.78, 5) is 29.8. The van der Waals surface area contributed by atoms with Gasteiger partial charge in [0.25, 0.3) is 5.91 Å². The maximum atomic E-state index is 14.2. The predicted octanol–water partition coefficient (Wildman–Crippen LogP) is 4.56. The molecule has 2 aromatic rings. The van der Waals surface area contributed by atoms with E-state index >= 15 is 0 Å². The lowest BCUT2D eigenvalue weighted by Gasteiger charge is -2.35. The Kier molecular flexibility index (Phi) is 8.26. The number of hydrogen-bond acceptors (Lipinski definition) is 3. The largest absolute Gasteiger partial charge is 0.491 e. The zero-order valence-electron chi connectivity index (χ0n) is 19.2. The van der Waals surface area contributed by atoms with Gasteiger partial charge in [-0.3, -0.25) is 9.59 Å². The Hall–Kier alpha value is -2.89. The van der Waals surface area contributed by atoms with E-state index in [0.717, 1.165) is 19.3 Å². The van der Waals surface area contributed by atoms with Crippen molar-refractivity contribution in [1.82, 2.24) is 9.80 Å². The molecular formula is C26H33FN2O3. The molecule has 1 aliphatic rings. The summed E-state index contributed by atoms with van der Waals surface area (Å²) in [6.45, 7) is 5.61. The van der Waals surface area contributed by atoms with E-state index in [-0.39, 0.29) is 42.6 Å². The van der Waals surface area contributed by atoms with Crippen LogP contribution >= 0.6 is 0 Å². The summed E-state index contributed by atoms with van der Waals surface area (Å²) in [5.41, 5.74) is 0.933. The summed E-state index contributed by atoms with van der Waals surface area (Å²) < 4.78 is 20.3. The molecule has 0 bridgehead atoms. The third-order valence-electron chi connectivity index (χ3n) is 6.06. The van der Waals surface area contributed by atoms with Crippen LogP contribution in [0.25, 0.3) is 0 Å². The first kappa shape index (κ1) is 23.8. The van der Waals surface area contributed by atoms with Crippen molar-refractivity contribution in [3.05, 3.63) is 65.5 Å². The highest BCUT2D eigenvalue weighted by molar-refractivity contribution is 5.96. The highest BCUT2D eigenvalue weighted by Gasteiger charge is 2.28. The van der Waals surface area contributed by atoms with Gasteiger partial charge in [-0.05, 0) is 48.9 Å². The SMILES string of the molecule is CC(C)[C@H]1COc2ccccc2C(=O)N(C)CCCCCN1C(=O)Cc1ccccc1F. The summed E-state index contributed by atoms with van der Waals surface area (Å²) in [5.74, 6) is 0.132. The molecule has 1 heterocycles. The number of nitrogens with zero attached hydrogens (tertiary/aromatic N) is 2. The van der Waals surface area contributed by atoms with Crippen molar-refractivity contribution in [2.75, 3.05) is 26.7 Å². The number of amides is 2. The molecule has 1 aliphatic heterocycles. The van der Waals surface area contributed by atoms with Gasteiger partial charge in [-0.15, -0.1) is 0 Å². The van der Waals surface area contributed by atoms with Gasteiger partial charge in [0.2, 0.25) is 5.91 Å². The highest BCUT2D eigenvalue weighted by atomic mass is 19.1. The fourth-order valence-electron chi connectivity index (χ4n) is 4.08. The molecule has 5 nitrogen and oxygen atoms in total. The van der Waals surface area contributed by atoms with Crippen molar-refractivity contribution in [3.8, 4) is 5.75 Å². The van der Waals surface area contributed by atoms with Gasteiger partial charge in [0.15, 0.2) is 0 Å². The average Bonchev–Trinajstić information content (AvgIpc) is 2.78. The Morgan fingerprint density at radius 3 is 2.50 bits per heavy atom. The first-order valence-electron chi connectivity index (χ1n) is 11.4. The third kappa shape index (κ3) is 5.87. The number of rotatable bonds is 3. The minimum Gasteiger partial charge on any atom is -0.491 e. The lowest BCUT2D eigenvalue weighted by molar-refractivity contribution is -0.134. The predicted molar refractivity (Wildman–Crippen MR) is 123 cm³/mol. The molecular weight excluding hydrogens is 407 g/mol. The molecule has 0 fully saturated rings. The van der Waals surface area contributed by atoms with Crippen molar-refractivity contribution < 1.29 is 18.7 Å². The summed E-state index contributed by atoms with van der Waals surface area (Å²) in [6.07, 6.45) is 2.59. The monoisotopic (exact) mass is 440 g/mol. The molecule has 2 aromatic carbocycles. The number of ether oxygens (including phenoxy) is 1. The van der Waals surface area contributed by atoms with E-state index < -0.39 is 0 Å². The topological polar surface area (TPSA) is 49.9 Å². The molecule has 172 valence electrons. The fraction of sp³-hybridized carbons (Fsp3) is 0.462. The van der Waals surface area contributed by atoms with Crippen LogP contribution in [-0.2, 0) is 11.2 Å². The Morgan fingerprint density at radius 2 is 1.75 bits per heavy atom. The standard InChI is InChI=1S/C26H33FN2O3/c1-19(2)23-18-32-24-14-8-6-12-21(24)26(31)28(3)15-9-4-10-16-29(23)25(30)17-20-11-5-7-13-22(20)27/h5-8,11-14,19,23H,4,9-10,15-18H2,1-3H3/t23-/m1/s1. The van der Waals surface area contributed by atoms with E-state index in [2.05, 4.69) is 13.8 Å². The van der Waals surface area contributed by atoms with Crippen LogP contribution in [0.1, 0.15) is 49.0 Å². The van der Waals surface area contributed by atoms with Crippen LogP contribution in [0.3, 0.4) is 0 Å². The number of halogens is 1. The van der Waals surface area contributed by atoms with E-state index in [4.69, 9.17) is 4.74 Å². The van der Waals surface area contributed by atoms with Gasteiger partial charge in [0.1, 0.15) is 18.2 Å². The number of carbonyl (C=O) groups excluding carboxylic acids is 2. The van der Waals surface area contributed by atoms with Crippen LogP contribution < -0.4 is 4.74 Å². The molecule has 2 amide bonds. The third-order valence-corrected chi connectivity index (χ3v) is 6.06. The van der Waals surface area contributed by atoms with Crippen LogP contribution in [0.15, 0.2) is 48.5 Å². The van der Waals surface area contributed by atoms with E-state index in [1.807, 2.05) is 17.0 Å². The molecule has 0 spiro atoms. The van der Waals surface area contributed by atoms with Gasteiger partial charge in [-0.2, -0.15) is 0 Å². The quantitative estimate of drug-likeness (QED) is 0.703. The van der Waals surface area contributed by atoms with E-state index in [0.29, 0.717) is 30.0 Å². The lowest BCUT2D eigenvalue weighted by Crippen LogP contribution is -2.48. The van der Waals surface area contributed by atoms with E-state index in [1.165, 1.54) is 6.07 Å². The number of fused-ring (bicyclic) bond motifs is 1. The molecule has 0 saturated heterocycles. The minimum absolute atomic E-state index is 0.0215. The van der Waals surface area contributed by atoms with Crippen molar-refractivity contribution in [2.24, 2.45) is 5.92 Å². The zero-order valence-corrected chi connectivity index (χ0v) is 19.2. The lowest BCUT2D eigenvalue weighted by atomic mass is 10.0. The normalized spacial score (nSPS) is 18.3. The highest BCUT2D eigenvalue weighted by Crippen LogP contribution is 2.23. The molecule has 0 radical (unpaired) electrons. The average molecular weight is 441 g/mol. The number of hydrogen-bond donors (Lipinski definition) is 0. The van der Waals surface area contributed by atoms with Crippen molar-refractivity contribution in [1.29, 1.82) is 0 Å². The Bertz CT molecular complexity index is 931. The van der Waals surface area contributed by atoms with Crippen LogP contribution in [-0.4, -0.2) is 54.4 Å². The zero-order chi connectivity index (χ0) is 23.1. The Balaban J connectivity index is 1.87. The smallest absolute Gasteiger partial charge is 0.257 e. The summed E-state index contributed by atoms with van der Waals surface area (Å²) in [5, 5.41) is 0. The first-order chi connectivity index (χ1) is 15.4. The summed E-state index contributed by atoms with van der Waals surface area (Å²) in [7, 11) is 1.81. The van der Waals surface area contributed by atoms with Crippen LogP contribution in [0.4, 0.5) is 4.39 Å². The molecule has 1 atom stereocenters.